The monoisotopic (exact) mass is 281 g/mol. The van der Waals surface area contributed by atoms with Gasteiger partial charge in [-0.15, -0.1) is 11.8 Å². The summed E-state index contributed by atoms with van der Waals surface area (Å²) in [5.41, 5.74) is 7.55. The van der Waals surface area contributed by atoms with Gasteiger partial charge in [0.25, 0.3) is 0 Å². The lowest BCUT2D eigenvalue weighted by Crippen LogP contribution is -2.43. The molecule has 0 saturated carbocycles. The van der Waals surface area contributed by atoms with Crippen LogP contribution in [-0.4, -0.2) is 23.7 Å². The van der Waals surface area contributed by atoms with Gasteiger partial charge < -0.3 is 11.1 Å². The van der Waals surface area contributed by atoms with E-state index in [-0.39, 0.29) is 17.7 Å². The molecule has 19 heavy (non-hydrogen) atoms. The van der Waals surface area contributed by atoms with Crippen molar-refractivity contribution < 1.29 is 9.59 Å². The highest BCUT2D eigenvalue weighted by atomic mass is 32.2. The minimum atomic E-state index is -0.474. The molecule has 0 aliphatic rings. The molecule has 0 atom stereocenters. The highest BCUT2D eigenvalue weighted by Crippen LogP contribution is 2.26. The van der Waals surface area contributed by atoms with E-state index in [1.165, 1.54) is 11.8 Å². The van der Waals surface area contributed by atoms with E-state index < -0.39 is 6.03 Å². The second-order valence-corrected chi connectivity index (χ2v) is 5.47. The lowest BCUT2D eigenvalue weighted by atomic mass is 10.2. The van der Waals surface area contributed by atoms with E-state index in [4.69, 9.17) is 5.73 Å². The molecule has 4 N–H and O–H groups in total. The number of nitrogen functional groups attached to an aromatic ring is 1. The Morgan fingerprint density at radius 2 is 2.05 bits per heavy atom. The van der Waals surface area contributed by atoms with Crippen molar-refractivity contribution in [2.24, 2.45) is 0 Å². The zero-order chi connectivity index (χ0) is 14.4. The van der Waals surface area contributed by atoms with Gasteiger partial charge in [0, 0.05) is 16.6 Å². The number of imide groups is 1. The maximum Gasteiger partial charge on any atom is 0.321 e. The smallest absolute Gasteiger partial charge is 0.321 e. The molecule has 1 aromatic rings. The van der Waals surface area contributed by atoms with Crippen LogP contribution in [0.1, 0.15) is 19.4 Å². The van der Waals surface area contributed by atoms with Crippen molar-refractivity contribution in [3.8, 4) is 0 Å². The van der Waals surface area contributed by atoms with E-state index in [1.54, 1.807) is 0 Å². The summed E-state index contributed by atoms with van der Waals surface area (Å²) in [6.45, 7) is 5.56. The number of carbonyl (C=O) groups excluding carboxylic acids is 2. The third-order valence-electron chi connectivity index (χ3n) is 2.32. The summed E-state index contributed by atoms with van der Waals surface area (Å²) < 4.78 is 0. The number of anilines is 1. The first-order valence-corrected chi connectivity index (χ1v) is 6.97. The van der Waals surface area contributed by atoms with Crippen LogP contribution in [0.3, 0.4) is 0 Å². The second-order valence-electron chi connectivity index (χ2n) is 4.45. The van der Waals surface area contributed by atoms with Crippen LogP contribution in [0.15, 0.2) is 23.1 Å². The molecule has 0 radical (unpaired) electrons. The number of aryl methyl sites for hydroxylation is 1. The van der Waals surface area contributed by atoms with Crippen LogP contribution in [0.5, 0.6) is 0 Å². The lowest BCUT2D eigenvalue weighted by molar-refractivity contribution is -0.117. The average Bonchev–Trinajstić information content (AvgIpc) is 2.30. The predicted molar refractivity (Wildman–Crippen MR) is 78.1 cm³/mol. The van der Waals surface area contributed by atoms with Crippen LogP contribution in [-0.2, 0) is 4.79 Å². The SMILES string of the molecule is Cc1cccc(SCC(=O)NC(=O)NC(C)C)c1N. The molecule has 0 heterocycles. The van der Waals surface area contributed by atoms with E-state index in [0.29, 0.717) is 5.69 Å². The molecule has 0 unspecified atom stereocenters. The number of carbonyl (C=O) groups is 2. The highest BCUT2D eigenvalue weighted by Gasteiger charge is 2.10. The fourth-order valence-electron chi connectivity index (χ4n) is 1.38. The van der Waals surface area contributed by atoms with Crippen molar-refractivity contribution in [3.05, 3.63) is 23.8 Å². The number of para-hydroxylation sites is 1. The lowest BCUT2D eigenvalue weighted by Gasteiger charge is -2.10. The van der Waals surface area contributed by atoms with Crippen molar-refractivity contribution in [2.75, 3.05) is 11.5 Å². The maximum absolute atomic E-state index is 11.6. The largest absolute Gasteiger partial charge is 0.398 e. The summed E-state index contributed by atoms with van der Waals surface area (Å²) in [5, 5.41) is 4.85. The first-order chi connectivity index (χ1) is 8.90. The van der Waals surface area contributed by atoms with Gasteiger partial charge in [0.05, 0.1) is 5.75 Å². The number of hydrogen-bond donors (Lipinski definition) is 3. The van der Waals surface area contributed by atoms with Gasteiger partial charge in [-0.05, 0) is 32.4 Å². The number of rotatable bonds is 4. The normalized spacial score (nSPS) is 10.3. The minimum absolute atomic E-state index is 0.00660. The van der Waals surface area contributed by atoms with Gasteiger partial charge in [-0.1, -0.05) is 12.1 Å². The van der Waals surface area contributed by atoms with Crippen LogP contribution < -0.4 is 16.4 Å². The number of hydrogen-bond acceptors (Lipinski definition) is 4. The molecular formula is C13H19N3O2S. The van der Waals surface area contributed by atoms with Crippen LogP contribution in [0.25, 0.3) is 0 Å². The quantitative estimate of drug-likeness (QED) is 0.581. The second kappa shape index (κ2) is 7.04. The van der Waals surface area contributed by atoms with Crippen molar-refractivity contribution >= 4 is 29.4 Å². The van der Waals surface area contributed by atoms with Gasteiger partial charge >= 0.3 is 6.03 Å². The van der Waals surface area contributed by atoms with Crippen molar-refractivity contribution in [3.63, 3.8) is 0 Å². The Kier molecular flexibility index (Phi) is 5.69. The fourth-order valence-corrected chi connectivity index (χ4v) is 2.23. The van der Waals surface area contributed by atoms with Gasteiger partial charge in [0.15, 0.2) is 0 Å². The van der Waals surface area contributed by atoms with E-state index in [9.17, 15) is 9.59 Å². The number of benzene rings is 1. The number of amides is 3. The van der Waals surface area contributed by atoms with E-state index in [1.807, 2.05) is 39.0 Å². The zero-order valence-corrected chi connectivity index (χ0v) is 12.1. The molecule has 0 aromatic heterocycles. The van der Waals surface area contributed by atoms with Crippen LogP contribution in [0, 0.1) is 6.92 Å². The van der Waals surface area contributed by atoms with Gasteiger partial charge in [0.1, 0.15) is 0 Å². The molecular weight excluding hydrogens is 262 g/mol. The Balaban J connectivity index is 2.46. The number of thioether (sulfide) groups is 1. The number of nitrogens with two attached hydrogens (primary N) is 1. The fraction of sp³-hybridized carbons (Fsp3) is 0.385. The molecule has 6 heteroatoms. The van der Waals surface area contributed by atoms with Crippen LogP contribution in [0.4, 0.5) is 10.5 Å². The number of nitrogens with one attached hydrogen (secondary N) is 2. The van der Waals surface area contributed by atoms with Crippen LogP contribution >= 0.6 is 11.8 Å². The van der Waals surface area contributed by atoms with Gasteiger partial charge in [-0.2, -0.15) is 0 Å². The molecule has 0 fully saturated rings. The third-order valence-corrected chi connectivity index (χ3v) is 3.39. The van der Waals surface area contributed by atoms with E-state index >= 15 is 0 Å². The average molecular weight is 281 g/mol. The Bertz CT molecular complexity index is 475. The Morgan fingerprint density at radius 1 is 1.37 bits per heavy atom. The first kappa shape index (κ1) is 15.4. The molecule has 0 aliphatic heterocycles. The summed E-state index contributed by atoms with van der Waals surface area (Å²) in [5.74, 6) is -0.192. The molecule has 0 saturated heterocycles. The van der Waals surface area contributed by atoms with Crippen molar-refractivity contribution in [1.82, 2.24) is 10.6 Å². The molecule has 1 aromatic carbocycles. The summed E-state index contributed by atoms with van der Waals surface area (Å²) in [6, 6.07) is 5.17. The maximum atomic E-state index is 11.6. The van der Waals surface area contributed by atoms with Crippen molar-refractivity contribution in [2.45, 2.75) is 31.7 Å². The summed E-state index contributed by atoms with van der Waals surface area (Å²) in [4.78, 5) is 23.7. The van der Waals surface area contributed by atoms with Crippen molar-refractivity contribution in [1.29, 1.82) is 0 Å². The predicted octanol–water partition coefficient (Wildman–Crippen LogP) is 1.90. The molecule has 0 aliphatic carbocycles. The van der Waals surface area contributed by atoms with Gasteiger partial charge in [-0.3, -0.25) is 10.1 Å². The molecule has 1 rings (SSSR count). The summed E-state index contributed by atoms with van der Waals surface area (Å²) in [6.07, 6.45) is 0. The highest BCUT2D eigenvalue weighted by molar-refractivity contribution is 8.00. The first-order valence-electron chi connectivity index (χ1n) is 5.98. The van der Waals surface area contributed by atoms with E-state index in [0.717, 1.165) is 10.5 Å². The zero-order valence-electron chi connectivity index (χ0n) is 11.3. The standard InChI is InChI=1S/C13H19N3O2S/c1-8(2)15-13(18)16-11(17)7-19-10-6-4-5-9(3)12(10)14/h4-6,8H,7,14H2,1-3H3,(H2,15,16,17,18). The molecule has 0 spiro atoms. The number of urea groups is 1. The molecule has 5 nitrogen and oxygen atoms in total. The molecule has 104 valence electrons. The third kappa shape index (κ3) is 5.21. The summed E-state index contributed by atoms with van der Waals surface area (Å²) in [7, 11) is 0. The minimum Gasteiger partial charge on any atom is -0.398 e. The van der Waals surface area contributed by atoms with Gasteiger partial charge in [-0.25, -0.2) is 4.79 Å². The molecule has 0 bridgehead atoms. The Morgan fingerprint density at radius 3 is 2.68 bits per heavy atom. The van der Waals surface area contributed by atoms with Gasteiger partial charge in [0.2, 0.25) is 5.91 Å². The summed E-state index contributed by atoms with van der Waals surface area (Å²) >= 11 is 1.31. The van der Waals surface area contributed by atoms with Crippen LogP contribution in [0.2, 0.25) is 0 Å². The Hall–Kier alpha value is -1.69. The Labute approximate surface area is 117 Å². The molecule has 3 amide bonds. The topological polar surface area (TPSA) is 84.2 Å². The van der Waals surface area contributed by atoms with E-state index in [2.05, 4.69) is 10.6 Å².